The normalized spacial score (nSPS) is 14.4. The summed E-state index contributed by atoms with van der Waals surface area (Å²) in [5.74, 6) is -2.34. The van der Waals surface area contributed by atoms with E-state index in [0.717, 1.165) is 0 Å². The first-order valence-electron chi connectivity index (χ1n) is 11.0. The molecule has 0 fully saturated rings. The number of rotatable bonds is 9. The van der Waals surface area contributed by atoms with Gasteiger partial charge in [-0.1, -0.05) is 41.4 Å². The number of para-hydroxylation sites is 1. The predicted molar refractivity (Wildman–Crippen MR) is 136 cm³/mol. The average Bonchev–Trinajstić information content (AvgIpc) is 2.85. The van der Waals surface area contributed by atoms with Gasteiger partial charge in [0, 0.05) is 31.3 Å². The summed E-state index contributed by atoms with van der Waals surface area (Å²) in [5.41, 5.74) is 7.28. The fourth-order valence-corrected chi connectivity index (χ4v) is 4.50. The van der Waals surface area contributed by atoms with Crippen LogP contribution in [-0.2, 0) is 22.6 Å². The van der Waals surface area contributed by atoms with E-state index in [1.54, 1.807) is 29.3 Å². The van der Waals surface area contributed by atoms with Crippen LogP contribution in [0.4, 0.5) is 0 Å². The maximum Gasteiger partial charge on any atom is 0.327 e. The molecule has 0 spiro atoms. The lowest BCUT2D eigenvalue weighted by molar-refractivity contribution is -0.139. The number of fused-ring (bicyclic) bond motifs is 1. The molecule has 3 rings (SSSR count). The lowest BCUT2D eigenvalue weighted by Gasteiger charge is -2.29. The Morgan fingerprint density at radius 3 is 2.68 bits per heavy atom. The number of carbonyl (C=O) groups is 3. The van der Waals surface area contributed by atoms with Gasteiger partial charge >= 0.3 is 5.97 Å². The van der Waals surface area contributed by atoms with Crippen molar-refractivity contribution in [3.63, 3.8) is 0 Å². The third kappa shape index (κ3) is 6.90. The maximum absolute atomic E-state index is 12.9. The van der Waals surface area contributed by atoms with E-state index in [0.29, 0.717) is 29.7 Å². The number of nitrogens with one attached hydrogen (secondary N) is 3. The molecule has 0 bridgehead atoms. The van der Waals surface area contributed by atoms with Crippen LogP contribution < -0.4 is 21.7 Å². The molecule has 0 saturated heterocycles. The number of phenolic OH excluding ortho intramolecular Hbond substituents is 1. The molecular weight excluding hydrogens is 523 g/mol. The topological polar surface area (TPSA) is 181 Å². The molecule has 0 saturated carbocycles. The fraction of sp³-hybridized carbons (Fsp3) is 0.250. The molecule has 0 aromatic heterocycles. The molecule has 1 aliphatic heterocycles. The van der Waals surface area contributed by atoms with Crippen molar-refractivity contribution >= 4 is 47.1 Å². The van der Waals surface area contributed by atoms with Crippen molar-refractivity contribution in [2.45, 2.75) is 25.3 Å². The largest absolute Gasteiger partial charge is 0.507 e. The van der Waals surface area contributed by atoms with Gasteiger partial charge in [0.05, 0.1) is 15.6 Å². The minimum Gasteiger partial charge on any atom is -0.507 e. The predicted octanol–water partition coefficient (Wildman–Crippen LogP) is 1.38. The lowest BCUT2D eigenvalue weighted by Crippen LogP contribution is -2.54. The van der Waals surface area contributed by atoms with Crippen LogP contribution in [0.15, 0.2) is 36.4 Å². The first kappa shape index (κ1) is 27.8. The van der Waals surface area contributed by atoms with Crippen molar-refractivity contribution in [3.8, 4) is 11.9 Å². The van der Waals surface area contributed by atoms with E-state index in [1.165, 1.54) is 24.3 Å². The lowest BCUT2D eigenvalue weighted by atomic mass is 9.96. The van der Waals surface area contributed by atoms with Crippen LogP contribution in [0.5, 0.6) is 5.75 Å². The van der Waals surface area contributed by atoms with Crippen LogP contribution >= 0.6 is 23.2 Å². The highest BCUT2D eigenvalue weighted by Crippen LogP contribution is 2.34. The van der Waals surface area contributed by atoms with E-state index in [1.807, 2.05) is 0 Å². The number of halogens is 2. The summed E-state index contributed by atoms with van der Waals surface area (Å²) in [4.78, 5) is 38.8. The molecule has 1 aliphatic rings. The Labute approximate surface area is 222 Å². The van der Waals surface area contributed by atoms with Crippen molar-refractivity contribution in [2.75, 3.05) is 13.1 Å². The SMILES string of the molecule is N#CNC(N)NC[C@H](NC(=O)c1c(Cl)cc2c(c1Cl)CCN(C(=O)/C=C/c1ccccc1O)C2)C(=O)O. The van der Waals surface area contributed by atoms with Crippen LogP contribution in [0, 0.1) is 11.5 Å². The number of hydrogen-bond donors (Lipinski definition) is 6. The molecule has 1 heterocycles. The zero-order chi connectivity index (χ0) is 27.1. The summed E-state index contributed by atoms with van der Waals surface area (Å²) in [6, 6.07) is 6.78. The molecule has 7 N–H and O–H groups in total. The molecular formula is C24H24Cl2N6O5. The van der Waals surface area contributed by atoms with E-state index in [-0.39, 0.29) is 40.4 Å². The van der Waals surface area contributed by atoms with E-state index in [4.69, 9.17) is 34.2 Å². The van der Waals surface area contributed by atoms with Gasteiger partial charge in [-0.3, -0.25) is 26.0 Å². The Balaban J connectivity index is 1.73. The van der Waals surface area contributed by atoms with Gasteiger partial charge in [0.1, 0.15) is 18.1 Å². The maximum atomic E-state index is 12.9. The highest BCUT2D eigenvalue weighted by atomic mass is 35.5. The van der Waals surface area contributed by atoms with Gasteiger partial charge in [0.15, 0.2) is 6.19 Å². The number of nitrogens with zero attached hydrogens (tertiary/aromatic N) is 2. The number of aromatic hydroxyl groups is 1. The molecule has 1 unspecified atom stereocenters. The quantitative estimate of drug-likeness (QED) is 0.117. The van der Waals surface area contributed by atoms with Crippen molar-refractivity contribution in [1.29, 1.82) is 5.26 Å². The molecule has 0 radical (unpaired) electrons. The Bertz CT molecular complexity index is 1280. The second-order valence-electron chi connectivity index (χ2n) is 8.09. The third-order valence-corrected chi connectivity index (χ3v) is 6.37. The Kier molecular flexibility index (Phi) is 9.32. The standard InChI is InChI=1S/C24H24Cl2N6O5/c25-16-9-14-11-32(19(34)6-5-13-3-1-2-4-18(13)33)8-7-15(14)21(26)20(16)22(35)31-17(23(36)37)10-29-24(28)30-12-27/h1-6,9,17,24,29-30,33H,7-8,10-11,28H2,(H,31,35)(H,36,37)/b6-5+/t17-,24?/m0/s1. The number of phenols is 1. The van der Waals surface area contributed by atoms with Crippen molar-refractivity contribution < 1.29 is 24.6 Å². The number of nitriles is 1. The van der Waals surface area contributed by atoms with Gasteiger partial charge in [-0.2, -0.15) is 5.26 Å². The van der Waals surface area contributed by atoms with Crippen LogP contribution in [0.1, 0.15) is 27.0 Å². The molecule has 37 heavy (non-hydrogen) atoms. The molecule has 194 valence electrons. The zero-order valence-electron chi connectivity index (χ0n) is 19.4. The highest BCUT2D eigenvalue weighted by Gasteiger charge is 2.29. The first-order chi connectivity index (χ1) is 17.6. The highest BCUT2D eigenvalue weighted by molar-refractivity contribution is 6.40. The van der Waals surface area contributed by atoms with Gasteiger partial charge in [-0.25, -0.2) is 4.79 Å². The van der Waals surface area contributed by atoms with Gasteiger partial charge in [0.25, 0.3) is 5.91 Å². The number of carbonyl (C=O) groups excluding carboxylic acids is 2. The number of carboxylic acids is 1. The van der Waals surface area contributed by atoms with Gasteiger partial charge in [-0.15, -0.1) is 0 Å². The number of benzene rings is 2. The van der Waals surface area contributed by atoms with E-state index in [2.05, 4.69) is 16.0 Å². The number of hydrogen-bond acceptors (Lipinski definition) is 8. The summed E-state index contributed by atoms with van der Waals surface area (Å²) >= 11 is 12.9. The second kappa shape index (κ2) is 12.4. The number of nitrogens with two attached hydrogens (primary N) is 1. The molecule has 2 aromatic rings. The van der Waals surface area contributed by atoms with E-state index in [9.17, 15) is 24.6 Å². The molecule has 2 atom stereocenters. The molecule has 0 aliphatic carbocycles. The first-order valence-corrected chi connectivity index (χ1v) is 11.8. The van der Waals surface area contributed by atoms with Crippen molar-refractivity contribution in [1.82, 2.24) is 20.9 Å². The monoisotopic (exact) mass is 546 g/mol. The molecule has 2 aromatic carbocycles. The van der Waals surface area contributed by atoms with E-state index >= 15 is 0 Å². The minimum absolute atomic E-state index is 0.000227. The summed E-state index contributed by atoms with van der Waals surface area (Å²) < 4.78 is 0. The van der Waals surface area contributed by atoms with Gasteiger partial charge in [-0.05, 0) is 35.8 Å². The summed E-state index contributed by atoms with van der Waals surface area (Å²) in [7, 11) is 0. The number of aliphatic carboxylic acids is 1. The van der Waals surface area contributed by atoms with Crippen molar-refractivity contribution in [3.05, 3.63) is 68.7 Å². The molecule has 13 heteroatoms. The summed E-state index contributed by atoms with van der Waals surface area (Å²) in [6.07, 6.45) is 3.85. The summed E-state index contributed by atoms with van der Waals surface area (Å²) in [6.45, 7) is 0.249. The number of amides is 2. The number of carboxylic acid groups (broad SMARTS) is 1. The molecule has 11 nitrogen and oxygen atoms in total. The van der Waals surface area contributed by atoms with Crippen LogP contribution in [0.25, 0.3) is 6.08 Å². The molecule has 2 amide bonds. The Morgan fingerprint density at radius 1 is 1.27 bits per heavy atom. The smallest absolute Gasteiger partial charge is 0.327 e. The zero-order valence-corrected chi connectivity index (χ0v) is 20.9. The second-order valence-corrected chi connectivity index (χ2v) is 8.88. The van der Waals surface area contributed by atoms with Crippen LogP contribution in [0.2, 0.25) is 10.0 Å². The Hall–Kier alpha value is -3.82. The third-order valence-electron chi connectivity index (χ3n) is 5.65. The summed E-state index contributed by atoms with van der Waals surface area (Å²) in [5, 5.41) is 35.1. The van der Waals surface area contributed by atoms with Gasteiger partial charge < -0.3 is 20.4 Å². The minimum atomic E-state index is -1.38. The van der Waals surface area contributed by atoms with E-state index < -0.39 is 24.2 Å². The van der Waals surface area contributed by atoms with Gasteiger partial charge in [0.2, 0.25) is 5.91 Å². The van der Waals surface area contributed by atoms with Crippen LogP contribution in [0.3, 0.4) is 0 Å². The van der Waals surface area contributed by atoms with Crippen molar-refractivity contribution in [2.24, 2.45) is 5.73 Å². The fourth-order valence-electron chi connectivity index (χ4n) is 3.74. The average molecular weight is 547 g/mol. The Morgan fingerprint density at radius 2 is 2.00 bits per heavy atom. The van der Waals surface area contributed by atoms with Crippen LogP contribution in [-0.4, -0.2) is 58.3 Å².